The van der Waals surface area contributed by atoms with Crippen LogP contribution in [0.3, 0.4) is 0 Å². The van der Waals surface area contributed by atoms with Gasteiger partial charge in [-0.1, -0.05) is 0 Å². The Morgan fingerprint density at radius 3 is 2.29 bits per heavy atom. The van der Waals surface area contributed by atoms with Crippen molar-refractivity contribution in [1.82, 2.24) is 0 Å². The normalized spacial score (nSPS) is 63.1. The summed E-state index contributed by atoms with van der Waals surface area (Å²) in [5, 5.41) is 0. The van der Waals surface area contributed by atoms with E-state index in [1.165, 1.54) is 57.8 Å². The van der Waals surface area contributed by atoms with Gasteiger partial charge in [-0.15, -0.1) is 0 Å². The molecule has 21 heavy (non-hydrogen) atoms. The molecule has 7 aliphatic rings. The summed E-state index contributed by atoms with van der Waals surface area (Å²) < 4.78 is 5.55. The molecule has 0 amide bonds. The fraction of sp³-hybridized carbons (Fsp3) is 0.947. The summed E-state index contributed by atoms with van der Waals surface area (Å²) in [6, 6.07) is 0. The van der Waals surface area contributed by atoms with Crippen molar-refractivity contribution in [2.45, 2.75) is 57.8 Å². The first kappa shape index (κ1) is 12.0. The van der Waals surface area contributed by atoms with Crippen molar-refractivity contribution in [3.05, 3.63) is 0 Å². The number of esters is 1. The lowest BCUT2D eigenvalue weighted by atomic mass is 9.40. The number of ether oxygens (including phenoxy) is 1. The highest BCUT2D eigenvalue weighted by atomic mass is 16.5. The average Bonchev–Trinajstić information content (AvgIpc) is 3.10. The molecule has 0 N–H and O–H groups in total. The van der Waals surface area contributed by atoms with Crippen LogP contribution in [0.5, 0.6) is 0 Å². The van der Waals surface area contributed by atoms with Gasteiger partial charge >= 0.3 is 5.97 Å². The van der Waals surface area contributed by atoms with Crippen LogP contribution in [0.25, 0.3) is 0 Å². The Hall–Kier alpha value is -0.530. The third-order valence-corrected chi connectivity index (χ3v) is 8.98. The number of hydrogen-bond acceptors (Lipinski definition) is 2. The Labute approximate surface area is 127 Å². The van der Waals surface area contributed by atoms with Gasteiger partial charge in [0.1, 0.15) is 0 Å². The number of hydrogen-bond donors (Lipinski definition) is 0. The number of fused-ring (bicyclic) bond motifs is 5. The first-order valence-corrected chi connectivity index (χ1v) is 9.36. The van der Waals surface area contributed by atoms with Crippen molar-refractivity contribution in [3.8, 4) is 0 Å². The van der Waals surface area contributed by atoms with Gasteiger partial charge in [0.25, 0.3) is 0 Å². The van der Waals surface area contributed by atoms with Gasteiger partial charge in [0.2, 0.25) is 0 Å². The molecular weight excluding hydrogens is 260 g/mol. The second kappa shape index (κ2) is 3.51. The first-order valence-electron chi connectivity index (χ1n) is 9.36. The third kappa shape index (κ3) is 1.23. The highest BCUT2D eigenvalue weighted by molar-refractivity contribution is 5.77. The molecule has 1 saturated heterocycles. The third-order valence-electron chi connectivity index (χ3n) is 8.98. The predicted octanol–water partition coefficient (Wildman–Crippen LogP) is 3.79. The summed E-state index contributed by atoms with van der Waals surface area (Å²) in [7, 11) is 0. The molecule has 4 atom stereocenters. The summed E-state index contributed by atoms with van der Waals surface area (Å²) >= 11 is 0. The topological polar surface area (TPSA) is 26.3 Å². The van der Waals surface area contributed by atoms with Gasteiger partial charge in [0.15, 0.2) is 0 Å². The average molecular weight is 286 g/mol. The Morgan fingerprint density at radius 1 is 0.952 bits per heavy atom. The van der Waals surface area contributed by atoms with E-state index in [9.17, 15) is 4.79 Å². The van der Waals surface area contributed by atoms with Crippen LogP contribution in [-0.4, -0.2) is 12.6 Å². The molecule has 4 unspecified atom stereocenters. The summed E-state index contributed by atoms with van der Waals surface area (Å²) in [4.78, 5) is 12.5. The molecule has 1 heterocycles. The van der Waals surface area contributed by atoms with Gasteiger partial charge in [0.05, 0.1) is 12.5 Å². The molecular formula is C19H26O2. The van der Waals surface area contributed by atoms with E-state index in [0.29, 0.717) is 22.7 Å². The predicted molar refractivity (Wildman–Crippen MR) is 78.3 cm³/mol. The van der Waals surface area contributed by atoms with E-state index < -0.39 is 0 Å². The quantitative estimate of drug-likeness (QED) is 0.685. The van der Waals surface area contributed by atoms with E-state index >= 15 is 0 Å². The second-order valence-electron chi connectivity index (χ2n) is 9.63. The lowest BCUT2D eigenvalue weighted by Gasteiger charge is -2.64. The molecule has 0 radical (unpaired) electrons. The maximum Gasteiger partial charge on any atom is 0.309 e. The fourth-order valence-corrected chi connectivity index (χ4v) is 8.88. The van der Waals surface area contributed by atoms with Crippen molar-refractivity contribution in [3.63, 3.8) is 0 Å². The van der Waals surface area contributed by atoms with Crippen LogP contribution in [0.2, 0.25) is 0 Å². The van der Waals surface area contributed by atoms with Crippen LogP contribution in [0.1, 0.15) is 57.8 Å². The minimum atomic E-state index is 0.193. The molecule has 7 fully saturated rings. The molecule has 6 saturated carbocycles. The molecule has 0 aromatic carbocycles. The zero-order valence-electron chi connectivity index (χ0n) is 12.9. The number of rotatable bonds is 1. The van der Waals surface area contributed by atoms with E-state index in [-0.39, 0.29) is 5.97 Å². The molecule has 6 bridgehead atoms. The molecule has 0 aromatic heterocycles. The zero-order valence-corrected chi connectivity index (χ0v) is 12.9. The number of carbonyl (C=O) groups excluding carboxylic acids is 1. The molecule has 114 valence electrons. The monoisotopic (exact) mass is 286 g/mol. The highest BCUT2D eigenvalue weighted by Gasteiger charge is 2.72. The lowest BCUT2D eigenvalue weighted by molar-refractivity contribution is -0.167. The van der Waals surface area contributed by atoms with Crippen molar-refractivity contribution < 1.29 is 9.53 Å². The van der Waals surface area contributed by atoms with Gasteiger partial charge in [-0.05, 0) is 92.3 Å². The number of carbonyl (C=O) groups is 1. The maximum atomic E-state index is 12.5. The van der Waals surface area contributed by atoms with E-state index in [4.69, 9.17) is 4.74 Å². The minimum Gasteiger partial charge on any atom is -0.465 e. The van der Waals surface area contributed by atoms with Gasteiger partial charge in [0, 0.05) is 5.92 Å². The summed E-state index contributed by atoms with van der Waals surface area (Å²) in [6.45, 7) is 0.752. The molecule has 2 nitrogen and oxygen atoms in total. The zero-order chi connectivity index (χ0) is 13.8. The smallest absolute Gasteiger partial charge is 0.309 e. The van der Waals surface area contributed by atoms with Crippen LogP contribution >= 0.6 is 0 Å². The highest BCUT2D eigenvalue weighted by Crippen LogP contribution is 2.77. The van der Waals surface area contributed by atoms with Crippen LogP contribution in [0.15, 0.2) is 0 Å². The SMILES string of the molecule is O=C1OCC2C3CCC(C45CC6CC(CC(C6)C4)C5)(C3)C12. The Kier molecular flexibility index (Phi) is 2.00. The molecule has 2 heteroatoms. The van der Waals surface area contributed by atoms with Crippen molar-refractivity contribution >= 4 is 5.97 Å². The Balaban J connectivity index is 1.48. The Bertz CT molecular complexity index is 488. The maximum absolute atomic E-state index is 12.5. The Morgan fingerprint density at radius 2 is 1.62 bits per heavy atom. The largest absolute Gasteiger partial charge is 0.465 e. The van der Waals surface area contributed by atoms with Gasteiger partial charge < -0.3 is 4.74 Å². The van der Waals surface area contributed by atoms with E-state index in [1.807, 2.05) is 0 Å². The molecule has 0 spiro atoms. The van der Waals surface area contributed by atoms with E-state index in [2.05, 4.69) is 0 Å². The van der Waals surface area contributed by atoms with Crippen LogP contribution < -0.4 is 0 Å². The molecule has 7 rings (SSSR count). The van der Waals surface area contributed by atoms with Crippen molar-refractivity contribution in [2.75, 3.05) is 6.61 Å². The first-order chi connectivity index (χ1) is 10.2. The van der Waals surface area contributed by atoms with Gasteiger partial charge in [-0.25, -0.2) is 0 Å². The second-order valence-corrected chi connectivity index (χ2v) is 9.63. The fourth-order valence-electron chi connectivity index (χ4n) is 8.88. The van der Waals surface area contributed by atoms with Crippen LogP contribution in [-0.2, 0) is 9.53 Å². The van der Waals surface area contributed by atoms with Crippen molar-refractivity contribution in [2.24, 2.45) is 46.3 Å². The molecule has 6 aliphatic carbocycles. The van der Waals surface area contributed by atoms with E-state index in [0.717, 1.165) is 30.3 Å². The van der Waals surface area contributed by atoms with Crippen molar-refractivity contribution in [1.29, 1.82) is 0 Å². The lowest BCUT2D eigenvalue weighted by Crippen LogP contribution is -2.56. The van der Waals surface area contributed by atoms with Crippen LogP contribution in [0.4, 0.5) is 0 Å². The summed E-state index contributed by atoms with van der Waals surface area (Å²) in [5.74, 6) is 4.91. The van der Waals surface area contributed by atoms with Crippen LogP contribution in [0, 0.1) is 46.3 Å². The van der Waals surface area contributed by atoms with E-state index in [1.54, 1.807) is 0 Å². The standard InChI is InChI=1S/C19H26O2/c20-17-16-15(10-21-17)14-1-2-19(16,9-14)18-6-11-3-12(7-18)5-13(4-11)8-18/h11-16H,1-10H2. The van der Waals surface area contributed by atoms with Gasteiger partial charge in [-0.3, -0.25) is 4.79 Å². The summed E-state index contributed by atoms with van der Waals surface area (Å²) in [6.07, 6.45) is 13.0. The molecule has 0 aromatic rings. The van der Waals surface area contributed by atoms with Gasteiger partial charge in [-0.2, -0.15) is 0 Å². The molecule has 1 aliphatic heterocycles. The summed E-state index contributed by atoms with van der Waals surface area (Å²) in [5.41, 5.74) is 0.908. The minimum absolute atomic E-state index is 0.193. The number of cyclic esters (lactones) is 1.